The maximum atomic E-state index is 13.6. The zero-order valence-electron chi connectivity index (χ0n) is 9.51. The van der Waals surface area contributed by atoms with Crippen LogP contribution in [0, 0.1) is 11.6 Å². The number of benzene rings is 1. The Morgan fingerprint density at radius 1 is 1.20 bits per heavy atom. The average molecular weight is 329 g/mol. The normalized spacial score (nSPS) is 13.6. The van der Waals surface area contributed by atoms with Crippen molar-refractivity contribution >= 4 is 22.9 Å². The first-order valence-electron chi connectivity index (χ1n) is 5.13. The highest BCUT2D eigenvalue weighted by atomic mass is 35.5. The standard InChI is InChI=1S/C11H6ClF5N2S/c12-5-2-6(13)4(1-7(5)14)9(18)8-3-19-10(20-8)11(15,16)17/h1-3,9H,18H2. The molecule has 0 amide bonds. The fourth-order valence-electron chi connectivity index (χ4n) is 1.49. The van der Waals surface area contributed by atoms with Crippen molar-refractivity contribution in [3.8, 4) is 0 Å². The van der Waals surface area contributed by atoms with E-state index in [9.17, 15) is 22.0 Å². The van der Waals surface area contributed by atoms with Gasteiger partial charge in [0.05, 0.1) is 11.1 Å². The van der Waals surface area contributed by atoms with Gasteiger partial charge in [-0.1, -0.05) is 11.6 Å². The van der Waals surface area contributed by atoms with Crippen molar-refractivity contribution in [2.75, 3.05) is 0 Å². The molecule has 2 N–H and O–H groups in total. The summed E-state index contributed by atoms with van der Waals surface area (Å²) in [4.78, 5) is 3.15. The summed E-state index contributed by atoms with van der Waals surface area (Å²) in [6.45, 7) is 0. The molecule has 0 saturated heterocycles. The fourth-order valence-corrected chi connectivity index (χ4v) is 2.45. The molecule has 2 nitrogen and oxygen atoms in total. The number of rotatable bonds is 2. The van der Waals surface area contributed by atoms with E-state index in [1.807, 2.05) is 0 Å². The fraction of sp³-hybridized carbons (Fsp3) is 0.182. The predicted octanol–water partition coefficient (Wildman–Crippen LogP) is 4.14. The van der Waals surface area contributed by atoms with E-state index in [1.54, 1.807) is 0 Å². The minimum atomic E-state index is -4.60. The van der Waals surface area contributed by atoms with Crippen LogP contribution in [0.1, 0.15) is 21.5 Å². The van der Waals surface area contributed by atoms with Crippen LogP contribution in [0.2, 0.25) is 5.02 Å². The summed E-state index contributed by atoms with van der Waals surface area (Å²) in [5.74, 6) is -1.80. The van der Waals surface area contributed by atoms with Gasteiger partial charge in [0.2, 0.25) is 0 Å². The first-order valence-corrected chi connectivity index (χ1v) is 6.32. The number of nitrogens with two attached hydrogens (primary N) is 1. The third-order valence-electron chi connectivity index (χ3n) is 2.45. The highest BCUT2D eigenvalue weighted by molar-refractivity contribution is 7.11. The van der Waals surface area contributed by atoms with E-state index in [2.05, 4.69) is 4.98 Å². The van der Waals surface area contributed by atoms with Gasteiger partial charge in [-0.3, -0.25) is 0 Å². The second kappa shape index (κ2) is 5.27. The van der Waals surface area contributed by atoms with Crippen LogP contribution in [0.3, 0.4) is 0 Å². The van der Waals surface area contributed by atoms with E-state index in [0.29, 0.717) is 0 Å². The molecule has 2 rings (SSSR count). The van der Waals surface area contributed by atoms with Crippen molar-refractivity contribution in [1.29, 1.82) is 0 Å². The van der Waals surface area contributed by atoms with Crippen molar-refractivity contribution in [3.63, 3.8) is 0 Å². The molecule has 0 saturated carbocycles. The lowest BCUT2D eigenvalue weighted by molar-refractivity contribution is -0.137. The van der Waals surface area contributed by atoms with E-state index in [-0.39, 0.29) is 21.8 Å². The second-order valence-corrected chi connectivity index (χ2v) is 5.30. The molecule has 1 atom stereocenters. The van der Waals surface area contributed by atoms with Crippen LogP contribution >= 0.6 is 22.9 Å². The van der Waals surface area contributed by atoms with E-state index in [4.69, 9.17) is 17.3 Å². The second-order valence-electron chi connectivity index (χ2n) is 3.83. The van der Waals surface area contributed by atoms with E-state index < -0.39 is 33.9 Å². The van der Waals surface area contributed by atoms with Gasteiger partial charge in [0, 0.05) is 16.6 Å². The Morgan fingerprint density at radius 2 is 1.85 bits per heavy atom. The van der Waals surface area contributed by atoms with Gasteiger partial charge in [-0.2, -0.15) is 13.2 Å². The van der Waals surface area contributed by atoms with Gasteiger partial charge in [0.15, 0.2) is 5.01 Å². The van der Waals surface area contributed by atoms with Crippen molar-refractivity contribution in [2.24, 2.45) is 5.73 Å². The van der Waals surface area contributed by atoms with Gasteiger partial charge in [0.1, 0.15) is 11.6 Å². The number of hydrogen-bond donors (Lipinski definition) is 1. The predicted molar refractivity (Wildman–Crippen MR) is 64.5 cm³/mol. The largest absolute Gasteiger partial charge is 0.443 e. The Labute approximate surface area is 119 Å². The molecule has 0 aliphatic rings. The van der Waals surface area contributed by atoms with Crippen LogP contribution in [-0.4, -0.2) is 4.98 Å². The summed E-state index contributed by atoms with van der Waals surface area (Å²) in [7, 11) is 0. The monoisotopic (exact) mass is 328 g/mol. The number of hydrogen-bond acceptors (Lipinski definition) is 3. The Morgan fingerprint density at radius 3 is 2.40 bits per heavy atom. The highest BCUT2D eigenvalue weighted by Crippen LogP contribution is 2.36. The molecule has 108 valence electrons. The molecular formula is C11H6ClF5N2S. The molecule has 1 unspecified atom stereocenters. The minimum absolute atomic E-state index is 0.0297. The van der Waals surface area contributed by atoms with Gasteiger partial charge in [-0.15, -0.1) is 11.3 Å². The number of alkyl halides is 3. The summed E-state index contributed by atoms with van der Waals surface area (Å²) < 4.78 is 64.2. The Bertz CT molecular complexity index is 640. The molecule has 20 heavy (non-hydrogen) atoms. The lowest BCUT2D eigenvalue weighted by Crippen LogP contribution is -2.12. The number of nitrogens with zero attached hydrogens (tertiary/aromatic N) is 1. The third kappa shape index (κ3) is 2.92. The summed E-state index contributed by atoms with van der Waals surface area (Å²) >= 11 is 5.66. The van der Waals surface area contributed by atoms with E-state index in [0.717, 1.165) is 18.3 Å². The van der Waals surface area contributed by atoms with Gasteiger partial charge < -0.3 is 5.73 Å². The molecule has 0 aliphatic heterocycles. The molecule has 0 fully saturated rings. The van der Waals surface area contributed by atoms with Crippen LogP contribution in [-0.2, 0) is 6.18 Å². The first kappa shape index (κ1) is 15.1. The summed E-state index contributed by atoms with van der Waals surface area (Å²) in [5, 5.41) is -1.53. The maximum Gasteiger partial charge on any atom is 0.443 e. The van der Waals surface area contributed by atoms with Crippen molar-refractivity contribution in [2.45, 2.75) is 12.2 Å². The van der Waals surface area contributed by atoms with Crippen molar-refractivity contribution < 1.29 is 22.0 Å². The van der Waals surface area contributed by atoms with Crippen molar-refractivity contribution in [3.05, 3.63) is 50.4 Å². The molecule has 0 radical (unpaired) electrons. The molecule has 1 heterocycles. The van der Waals surface area contributed by atoms with Crippen LogP contribution in [0.15, 0.2) is 18.3 Å². The Kier molecular flexibility index (Phi) is 3.99. The minimum Gasteiger partial charge on any atom is -0.319 e. The van der Waals surface area contributed by atoms with E-state index in [1.165, 1.54) is 0 Å². The molecule has 2 aromatic rings. The summed E-state index contributed by atoms with van der Waals surface area (Å²) in [5.41, 5.74) is 5.36. The van der Waals surface area contributed by atoms with Gasteiger partial charge in [-0.05, 0) is 12.1 Å². The summed E-state index contributed by atoms with van der Waals surface area (Å²) in [6, 6.07) is 0.225. The summed E-state index contributed by atoms with van der Waals surface area (Å²) in [6.07, 6.45) is -3.71. The lowest BCUT2D eigenvalue weighted by Gasteiger charge is -2.11. The Balaban J connectivity index is 2.39. The number of halogens is 6. The average Bonchev–Trinajstić information content (AvgIpc) is 2.82. The van der Waals surface area contributed by atoms with Crippen molar-refractivity contribution in [1.82, 2.24) is 4.98 Å². The van der Waals surface area contributed by atoms with E-state index >= 15 is 0 Å². The lowest BCUT2D eigenvalue weighted by atomic mass is 10.1. The van der Waals surface area contributed by atoms with Gasteiger partial charge >= 0.3 is 6.18 Å². The molecule has 0 bridgehead atoms. The quantitative estimate of drug-likeness (QED) is 0.664. The van der Waals surface area contributed by atoms with Gasteiger partial charge in [-0.25, -0.2) is 13.8 Å². The molecule has 1 aromatic carbocycles. The highest BCUT2D eigenvalue weighted by Gasteiger charge is 2.35. The SMILES string of the molecule is NC(c1cnc(C(F)(F)F)s1)c1cc(F)c(Cl)cc1F. The van der Waals surface area contributed by atoms with Crippen LogP contribution in [0.4, 0.5) is 22.0 Å². The molecular weight excluding hydrogens is 323 g/mol. The molecule has 0 aliphatic carbocycles. The van der Waals surface area contributed by atoms with Crippen LogP contribution in [0.5, 0.6) is 0 Å². The zero-order chi connectivity index (χ0) is 15.1. The number of aromatic nitrogens is 1. The molecule has 0 spiro atoms. The van der Waals surface area contributed by atoms with Crippen LogP contribution < -0.4 is 5.73 Å². The Hall–Kier alpha value is -1.25. The zero-order valence-corrected chi connectivity index (χ0v) is 11.1. The number of thiazole rings is 1. The molecule has 1 aromatic heterocycles. The van der Waals surface area contributed by atoms with Gasteiger partial charge in [0.25, 0.3) is 0 Å². The molecule has 9 heteroatoms. The topological polar surface area (TPSA) is 38.9 Å². The third-order valence-corrected chi connectivity index (χ3v) is 3.86. The first-order chi connectivity index (χ1) is 9.20. The smallest absolute Gasteiger partial charge is 0.319 e. The maximum absolute atomic E-state index is 13.6. The van der Waals surface area contributed by atoms with Crippen LogP contribution in [0.25, 0.3) is 0 Å².